The van der Waals surface area contributed by atoms with Gasteiger partial charge in [-0.05, 0) is 103 Å². The Morgan fingerprint density at radius 3 is 1.16 bits per heavy atom. The van der Waals surface area contributed by atoms with Crippen LogP contribution in [0.2, 0.25) is 0 Å². The minimum absolute atomic E-state index is 0.108. The number of hydrogen-bond acceptors (Lipinski definition) is 8. The largest absolute Gasteiger partial charge is 0.490 e. The monoisotopic (exact) mass is 900 g/mol. The van der Waals surface area contributed by atoms with Gasteiger partial charge < -0.3 is 28.4 Å². The topological polar surface area (TPSA) is 89.5 Å². The van der Waals surface area contributed by atoms with Crippen molar-refractivity contribution in [3.8, 4) is 23.0 Å². The Kier molecular flexibility index (Phi) is 19.4. The highest BCUT2D eigenvalue weighted by Crippen LogP contribution is 2.52. The maximum Gasteiger partial charge on any atom is 0.338 e. The molecule has 308 valence electrons. The van der Waals surface area contributed by atoms with Gasteiger partial charge in [0.05, 0.1) is 60.7 Å². The van der Waals surface area contributed by atoms with Gasteiger partial charge >= 0.3 is 11.9 Å². The van der Waals surface area contributed by atoms with Crippen LogP contribution in [-0.4, -0.2) is 52.6 Å². The minimum Gasteiger partial charge on any atom is -0.490 e. The van der Waals surface area contributed by atoms with Gasteiger partial charge in [0, 0.05) is 10.8 Å². The van der Waals surface area contributed by atoms with E-state index in [0.717, 1.165) is 140 Å². The highest BCUT2D eigenvalue weighted by Gasteiger charge is 2.27. The van der Waals surface area contributed by atoms with Crippen LogP contribution in [0.3, 0.4) is 0 Å². The van der Waals surface area contributed by atoms with Crippen LogP contribution < -0.4 is 18.9 Å². The molecule has 4 aromatic carbocycles. The van der Waals surface area contributed by atoms with Crippen molar-refractivity contribution in [3.05, 3.63) is 44.3 Å². The van der Waals surface area contributed by atoms with Crippen molar-refractivity contribution in [1.29, 1.82) is 0 Å². The predicted octanol–water partition coefficient (Wildman–Crippen LogP) is 14.1. The maximum absolute atomic E-state index is 13.3. The zero-order valence-electron chi connectivity index (χ0n) is 34.5. The fraction of sp³-hybridized carbons (Fsp3) is 0.565. The number of methoxy groups -OCH3 is 2. The van der Waals surface area contributed by atoms with E-state index in [1.54, 1.807) is 12.1 Å². The second kappa shape index (κ2) is 23.9. The first-order valence-corrected chi connectivity index (χ1v) is 22.5. The number of benzene rings is 4. The number of hydrogen-bond donors (Lipinski definition) is 0. The third-order valence-corrected chi connectivity index (χ3v) is 11.7. The normalized spacial score (nSPS) is 11.4. The van der Waals surface area contributed by atoms with Gasteiger partial charge in [0.1, 0.15) is 0 Å². The average molecular weight is 903 g/mol. The molecule has 0 heterocycles. The number of fused-ring (bicyclic) bond motifs is 6. The molecule has 0 N–H and O–H groups in total. The molecule has 0 atom stereocenters. The van der Waals surface area contributed by atoms with E-state index in [1.165, 1.54) is 14.2 Å². The van der Waals surface area contributed by atoms with Crippen LogP contribution in [0.1, 0.15) is 151 Å². The van der Waals surface area contributed by atoms with Crippen molar-refractivity contribution in [3.63, 3.8) is 0 Å². The van der Waals surface area contributed by atoms with Crippen LogP contribution in [0.15, 0.2) is 33.2 Å². The lowest BCUT2D eigenvalue weighted by Crippen LogP contribution is -2.12. The summed E-state index contributed by atoms with van der Waals surface area (Å²) in [6.45, 7) is 10.9. The van der Waals surface area contributed by atoms with Crippen molar-refractivity contribution in [1.82, 2.24) is 0 Å². The molecule has 0 unspecified atom stereocenters. The molecule has 0 amide bonds. The van der Waals surface area contributed by atoms with Crippen LogP contribution in [0.5, 0.6) is 23.0 Å². The first-order chi connectivity index (χ1) is 27.3. The molecular formula is C46H62Br2O8. The number of carbonyl (C=O) groups is 2. The quantitative estimate of drug-likeness (QED) is 0.0350. The van der Waals surface area contributed by atoms with Crippen LogP contribution in [0, 0.1) is 0 Å². The number of halogens is 2. The highest BCUT2D eigenvalue weighted by molar-refractivity contribution is 9.11. The lowest BCUT2D eigenvalue weighted by atomic mass is 9.90. The summed E-state index contributed by atoms with van der Waals surface area (Å²) >= 11 is 8.01. The lowest BCUT2D eigenvalue weighted by molar-refractivity contribution is 0.0555. The van der Waals surface area contributed by atoms with Gasteiger partial charge in [0.25, 0.3) is 0 Å². The first kappa shape index (κ1) is 45.5. The summed E-state index contributed by atoms with van der Waals surface area (Å²) in [7, 11) is 2.61. The Morgan fingerprint density at radius 2 is 0.786 bits per heavy atom. The number of rotatable bonds is 26. The number of esters is 2. The Labute approximate surface area is 350 Å². The summed E-state index contributed by atoms with van der Waals surface area (Å²) < 4.78 is 38.1. The molecule has 56 heavy (non-hydrogen) atoms. The van der Waals surface area contributed by atoms with Crippen molar-refractivity contribution >= 4 is 76.1 Å². The predicted molar refractivity (Wildman–Crippen MR) is 236 cm³/mol. The number of unbranched alkanes of at least 4 members (excludes halogenated alkanes) is 12. The Balaban J connectivity index is 2.10. The summed E-state index contributed by atoms with van der Waals surface area (Å²) in [6, 6.07) is 7.52. The Bertz CT molecular complexity index is 1910. The van der Waals surface area contributed by atoms with Gasteiger partial charge in [0.2, 0.25) is 0 Å². The first-order valence-electron chi connectivity index (χ1n) is 20.9. The highest BCUT2D eigenvalue weighted by atomic mass is 79.9. The SMILES string of the molecule is CCCCCCOc1cc2c3cc(C(=O)OC)c(C(=O)OC)cc3c3c(Br)c(OCCCCCC)c(OCCCCCC)cc3c2c(Br)c1OCCCCCC. The Hall–Kier alpha value is -3.24. The maximum atomic E-state index is 13.3. The van der Waals surface area contributed by atoms with Gasteiger partial charge in [-0.1, -0.05) is 105 Å². The van der Waals surface area contributed by atoms with Crippen molar-refractivity contribution in [2.24, 2.45) is 0 Å². The summed E-state index contributed by atoms with van der Waals surface area (Å²) in [5.41, 5.74) is 0.216. The second-order valence-corrected chi connectivity index (χ2v) is 16.0. The molecule has 0 radical (unpaired) electrons. The van der Waals surface area contributed by atoms with Crippen molar-refractivity contribution < 1.29 is 38.0 Å². The summed E-state index contributed by atoms with van der Waals surface area (Å²) in [6.07, 6.45) is 17.1. The fourth-order valence-electron chi connectivity index (χ4n) is 7.05. The van der Waals surface area contributed by atoms with E-state index in [9.17, 15) is 9.59 Å². The van der Waals surface area contributed by atoms with E-state index in [1.807, 2.05) is 6.07 Å². The molecule has 0 saturated heterocycles. The second-order valence-electron chi connectivity index (χ2n) is 14.4. The van der Waals surface area contributed by atoms with Crippen LogP contribution in [0.25, 0.3) is 32.3 Å². The molecule has 0 saturated carbocycles. The molecule has 0 aromatic heterocycles. The Morgan fingerprint density at radius 1 is 0.446 bits per heavy atom. The van der Waals surface area contributed by atoms with Crippen molar-refractivity contribution in [2.75, 3.05) is 40.6 Å². The molecule has 8 nitrogen and oxygen atoms in total. The van der Waals surface area contributed by atoms with Gasteiger partial charge in [-0.3, -0.25) is 0 Å². The molecule has 0 aliphatic heterocycles. The summed E-state index contributed by atoms with van der Waals surface area (Å²) in [5.74, 6) is 1.23. The standard InChI is InChI=1S/C46H62Br2O8/c1-7-11-15-19-23-53-37-29-33-31-27-34(45(49)51-5)35(46(50)52-6)28-32(31)39-36(40(33)42(48)43(37)55-25-21-17-13-9-3)30-38(54-24-20-16-12-8-2)44(41(39)47)56-26-22-18-14-10-4/h27-30H,7-26H2,1-6H3. The molecule has 0 fully saturated rings. The third kappa shape index (κ3) is 11.5. The number of carbonyl (C=O) groups excluding carboxylic acids is 2. The summed E-state index contributed by atoms with van der Waals surface area (Å²) in [5, 5.41) is 4.80. The zero-order valence-corrected chi connectivity index (χ0v) is 37.6. The van der Waals surface area contributed by atoms with Gasteiger partial charge in [-0.2, -0.15) is 0 Å². The lowest BCUT2D eigenvalue weighted by Gasteiger charge is -2.22. The van der Waals surface area contributed by atoms with E-state index < -0.39 is 11.9 Å². The molecule has 0 aliphatic rings. The van der Waals surface area contributed by atoms with E-state index >= 15 is 0 Å². The number of ether oxygens (including phenoxy) is 6. The fourth-order valence-corrected chi connectivity index (χ4v) is 8.53. The van der Waals surface area contributed by atoms with Gasteiger partial charge in [-0.15, -0.1) is 0 Å². The van der Waals surface area contributed by atoms with E-state index in [4.69, 9.17) is 28.4 Å². The van der Waals surface area contributed by atoms with Gasteiger partial charge in [-0.25, -0.2) is 9.59 Å². The molecular weight excluding hydrogens is 840 g/mol. The van der Waals surface area contributed by atoms with Crippen LogP contribution in [0.4, 0.5) is 0 Å². The molecule has 0 spiro atoms. The van der Waals surface area contributed by atoms with Gasteiger partial charge in [0.15, 0.2) is 23.0 Å². The zero-order chi connectivity index (χ0) is 40.5. The van der Waals surface area contributed by atoms with E-state index in [2.05, 4.69) is 65.6 Å². The molecule has 0 aliphatic carbocycles. The smallest absolute Gasteiger partial charge is 0.338 e. The molecule has 4 rings (SSSR count). The van der Waals surface area contributed by atoms with Crippen LogP contribution in [-0.2, 0) is 9.47 Å². The summed E-state index contributed by atoms with van der Waals surface area (Å²) in [4.78, 5) is 26.6. The third-order valence-electron chi connectivity index (χ3n) is 10.2. The molecule has 10 heteroatoms. The molecule has 4 aromatic rings. The van der Waals surface area contributed by atoms with E-state index in [-0.39, 0.29) is 11.1 Å². The van der Waals surface area contributed by atoms with Crippen molar-refractivity contribution in [2.45, 2.75) is 130 Å². The van der Waals surface area contributed by atoms with Crippen LogP contribution >= 0.6 is 31.9 Å². The molecule has 0 bridgehead atoms. The minimum atomic E-state index is -0.639. The average Bonchev–Trinajstić information content (AvgIpc) is 3.20. The van der Waals surface area contributed by atoms with E-state index in [0.29, 0.717) is 53.9 Å².